The van der Waals surface area contributed by atoms with Gasteiger partial charge in [0.1, 0.15) is 11.0 Å². The molecule has 1 heterocycles. The number of rotatable bonds is 2. The van der Waals surface area contributed by atoms with Gasteiger partial charge in [0.25, 0.3) is 0 Å². The minimum atomic E-state index is -0.287. The minimum absolute atomic E-state index is 0.287. The molecule has 0 amide bonds. The van der Waals surface area contributed by atoms with Crippen molar-refractivity contribution < 1.29 is 4.39 Å². The molecule has 1 aromatic carbocycles. The van der Waals surface area contributed by atoms with Gasteiger partial charge in [0.05, 0.1) is 5.69 Å². The first-order valence-corrected chi connectivity index (χ1v) is 6.03. The molecule has 15 heavy (non-hydrogen) atoms. The third kappa shape index (κ3) is 2.68. The van der Waals surface area contributed by atoms with Gasteiger partial charge in [0, 0.05) is 9.85 Å². The number of benzene rings is 1. The van der Waals surface area contributed by atoms with Crippen LogP contribution in [-0.4, -0.2) is 4.98 Å². The van der Waals surface area contributed by atoms with Crippen LogP contribution in [0.15, 0.2) is 28.1 Å². The maximum atomic E-state index is 12.8. The molecule has 0 radical (unpaired) electrons. The van der Waals surface area contributed by atoms with Crippen molar-refractivity contribution in [1.82, 2.24) is 4.98 Å². The molecule has 0 atom stereocenters. The Balaban J connectivity index is 2.24. The number of aromatic nitrogens is 1. The van der Waals surface area contributed by atoms with Crippen LogP contribution >= 0.6 is 38.9 Å². The fraction of sp³-hybridized carbons (Fsp3) is 0. The topological polar surface area (TPSA) is 24.9 Å². The van der Waals surface area contributed by atoms with Crippen LogP contribution in [0.25, 0.3) is 0 Å². The van der Waals surface area contributed by atoms with Crippen molar-refractivity contribution in [3.63, 3.8) is 0 Å². The fourth-order valence-corrected chi connectivity index (χ4v) is 2.32. The molecule has 0 aliphatic carbocycles. The maximum absolute atomic E-state index is 12.8. The van der Waals surface area contributed by atoms with E-state index in [1.807, 2.05) is 0 Å². The zero-order valence-electron chi connectivity index (χ0n) is 7.30. The highest BCUT2D eigenvalue weighted by Crippen LogP contribution is 2.28. The number of halogens is 3. The van der Waals surface area contributed by atoms with Crippen molar-refractivity contribution in [2.24, 2.45) is 0 Å². The van der Waals surface area contributed by atoms with Gasteiger partial charge in [-0.3, -0.25) is 0 Å². The van der Waals surface area contributed by atoms with E-state index in [2.05, 4.69) is 26.2 Å². The molecule has 1 N–H and O–H groups in total. The third-order valence-corrected chi connectivity index (χ3v) is 3.39. The van der Waals surface area contributed by atoms with Crippen LogP contribution in [0.1, 0.15) is 0 Å². The first-order chi connectivity index (χ1) is 7.15. The van der Waals surface area contributed by atoms with Crippen molar-refractivity contribution in [1.29, 1.82) is 0 Å². The first kappa shape index (κ1) is 10.9. The summed E-state index contributed by atoms with van der Waals surface area (Å²) in [5, 5.41) is 5.87. The molecule has 2 aromatic rings. The normalized spacial score (nSPS) is 10.3. The van der Waals surface area contributed by atoms with E-state index in [4.69, 9.17) is 11.6 Å². The lowest BCUT2D eigenvalue weighted by Crippen LogP contribution is -1.90. The molecule has 6 heteroatoms. The van der Waals surface area contributed by atoms with Crippen molar-refractivity contribution in [3.05, 3.63) is 39.0 Å². The Kier molecular flexibility index (Phi) is 3.23. The predicted octanol–water partition coefficient (Wildman–Crippen LogP) is 4.44. The molecule has 0 unspecified atom stereocenters. The van der Waals surface area contributed by atoms with Crippen LogP contribution in [-0.2, 0) is 0 Å². The standard InChI is InChI=1S/C9H5BrClFN2S/c10-6-3-5(12)1-2-7(6)13-9-14-8(11)4-15-9/h1-4H,(H,13,14). The Morgan fingerprint density at radius 2 is 2.27 bits per heavy atom. The Labute approximate surface area is 103 Å². The average Bonchev–Trinajstić information content (AvgIpc) is 2.56. The molecular formula is C9H5BrClFN2S. The van der Waals surface area contributed by atoms with E-state index < -0.39 is 0 Å². The summed E-state index contributed by atoms with van der Waals surface area (Å²) in [5.41, 5.74) is 0.752. The summed E-state index contributed by atoms with van der Waals surface area (Å²) in [5.74, 6) is -0.287. The van der Waals surface area contributed by atoms with Crippen LogP contribution in [0.4, 0.5) is 15.2 Å². The highest BCUT2D eigenvalue weighted by Gasteiger charge is 2.04. The van der Waals surface area contributed by atoms with Gasteiger partial charge in [0.15, 0.2) is 5.13 Å². The fourth-order valence-electron chi connectivity index (χ4n) is 1.02. The molecule has 2 nitrogen and oxygen atoms in total. The SMILES string of the molecule is Fc1ccc(Nc2nc(Cl)cs2)c(Br)c1. The van der Waals surface area contributed by atoms with Crippen LogP contribution in [0.2, 0.25) is 5.15 Å². The van der Waals surface area contributed by atoms with Crippen LogP contribution in [0.5, 0.6) is 0 Å². The molecule has 0 fully saturated rings. The van der Waals surface area contributed by atoms with E-state index in [9.17, 15) is 4.39 Å². The average molecular weight is 308 g/mol. The quantitative estimate of drug-likeness (QED) is 0.887. The molecule has 0 bridgehead atoms. The highest BCUT2D eigenvalue weighted by molar-refractivity contribution is 9.10. The van der Waals surface area contributed by atoms with Crippen LogP contribution in [0.3, 0.4) is 0 Å². The largest absolute Gasteiger partial charge is 0.331 e. The number of hydrogen-bond acceptors (Lipinski definition) is 3. The van der Waals surface area contributed by atoms with Crippen LogP contribution in [0, 0.1) is 5.82 Å². The molecule has 1 aromatic heterocycles. The molecule has 0 saturated carbocycles. The van der Waals surface area contributed by atoms with E-state index in [1.165, 1.54) is 23.5 Å². The van der Waals surface area contributed by atoms with Gasteiger partial charge in [-0.2, -0.15) is 0 Å². The summed E-state index contributed by atoms with van der Waals surface area (Å²) >= 11 is 10.3. The zero-order chi connectivity index (χ0) is 10.8. The number of anilines is 2. The van der Waals surface area contributed by atoms with Gasteiger partial charge in [-0.25, -0.2) is 9.37 Å². The van der Waals surface area contributed by atoms with E-state index in [-0.39, 0.29) is 5.82 Å². The molecule has 2 rings (SSSR count). The second-order valence-corrected chi connectivity index (χ2v) is 4.82. The number of thiazole rings is 1. The number of hydrogen-bond donors (Lipinski definition) is 1. The summed E-state index contributed by atoms with van der Waals surface area (Å²) < 4.78 is 13.4. The van der Waals surface area contributed by atoms with Crippen LogP contribution < -0.4 is 5.32 Å². The van der Waals surface area contributed by atoms with E-state index in [1.54, 1.807) is 11.4 Å². The highest BCUT2D eigenvalue weighted by atomic mass is 79.9. The lowest BCUT2D eigenvalue weighted by molar-refractivity contribution is 0.627. The van der Waals surface area contributed by atoms with Gasteiger partial charge < -0.3 is 5.32 Å². The molecule has 0 aliphatic heterocycles. The van der Waals surface area contributed by atoms with E-state index in [0.717, 1.165) is 5.69 Å². The second-order valence-electron chi connectivity index (χ2n) is 2.72. The molecule has 78 valence electrons. The Morgan fingerprint density at radius 3 is 2.87 bits per heavy atom. The van der Waals surface area contributed by atoms with Gasteiger partial charge in [-0.15, -0.1) is 11.3 Å². The van der Waals surface area contributed by atoms with E-state index >= 15 is 0 Å². The summed E-state index contributed by atoms with van der Waals surface area (Å²) in [4.78, 5) is 4.03. The second kappa shape index (κ2) is 4.47. The monoisotopic (exact) mass is 306 g/mol. The Bertz CT molecular complexity index is 489. The Hall–Kier alpha value is -0.650. The summed E-state index contributed by atoms with van der Waals surface area (Å²) in [6.07, 6.45) is 0. The summed E-state index contributed by atoms with van der Waals surface area (Å²) in [6, 6.07) is 4.40. The van der Waals surface area contributed by atoms with E-state index in [0.29, 0.717) is 14.8 Å². The molecule has 0 spiro atoms. The van der Waals surface area contributed by atoms with Gasteiger partial charge in [-0.05, 0) is 34.1 Å². The maximum Gasteiger partial charge on any atom is 0.188 e. The molecule has 0 saturated heterocycles. The van der Waals surface area contributed by atoms with Crippen molar-refractivity contribution in [3.8, 4) is 0 Å². The Morgan fingerprint density at radius 1 is 1.47 bits per heavy atom. The zero-order valence-corrected chi connectivity index (χ0v) is 10.5. The smallest absolute Gasteiger partial charge is 0.188 e. The van der Waals surface area contributed by atoms with Crippen molar-refractivity contribution in [2.45, 2.75) is 0 Å². The van der Waals surface area contributed by atoms with Crippen molar-refractivity contribution >= 4 is 49.7 Å². The molecular weight excluding hydrogens is 303 g/mol. The lowest BCUT2D eigenvalue weighted by Gasteiger charge is -2.04. The molecule has 0 aliphatic rings. The van der Waals surface area contributed by atoms with Gasteiger partial charge in [-0.1, -0.05) is 11.6 Å². The summed E-state index contributed by atoms with van der Waals surface area (Å²) in [7, 11) is 0. The minimum Gasteiger partial charge on any atom is -0.331 e. The first-order valence-electron chi connectivity index (χ1n) is 3.98. The lowest BCUT2D eigenvalue weighted by atomic mass is 10.3. The summed E-state index contributed by atoms with van der Waals surface area (Å²) in [6.45, 7) is 0. The third-order valence-electron chi connectivity index (χ3n) is 1.65. The number of nitrogens with one attached hydrogen (secondary N) is 1. The predicted molar refractivity (Wildman–Crippen MR) is 64.5 cm³/mol. The van der Waals surface area contributed by atoms with Gasteiger partial charge in [0.2, 0.25) is 0 Å². The number of nitrogens with zero attached hydrogens (tertiary/aromatic N) is 1. The van der Waals surface area contributed by atoms with Gasteiger partial charge >= 0.3 is 0 Å². The van der Waals surface area contributed by atoms with Crippen molar-refractivity contribution in [2.75, 3.05) is 5.32 Å².